The Balaban J connectivity index is 2.20. The molecule has 1 aliphatic rings. The Morgan fingerprint density at radius 3 is 2.53 bits per heavy atom. The lowest BCUT2D eigenvalue weighted by atomic mass is 10.3. The fourth-order valence-electron chi connectivity index (χ4n) is 1.30. The molecule has 1 aliphatic heterocycles. The number of hydrogen-bond donors (Lipinski definition) is 2. The molecule has 0 bridgehead atoms. The molecule has 0 radical (unpaired) electrons. The van der Waals surface area contributed by atoms with Crippen LogP contribution < -0.4 is 0 Å². The maximum absolute atomic E-state index is 10.2. The molecule has 15 heavy (non-hydrogen) atoms. The molecule has 0 aromatic carbocycles. The average molecular weight is 241 g/mol. The van der Waals surface area contributed by atoms with Gasteiger partial charge < -0.3 is 9.84 Å². The normalized spacial score (nSPS) is 21.5. The molecule has 0 aromatic heterocycles. The first-order valence-corrected chi connectivity index (χ1v) is 5.94. The molecule has 0 aliphatic carbocycles. The van der Waals surface area contributed by atoms with E-state index >= 15 is 0 Å². The first kappa shape index (κ1) is 12.8. The fourth-order valence-corrected chi connectivity index (χ4v) is 1.63. The number of aliphatic hydroxyl groups excluding tert-OH is 1. The van der Waals surface area contributed by atoms with Gasteiger partial charge in [0.25, 0.3) is 0 Å². The Morgan fingerprint density at radius 1 is 1.40 bits per heavy atom. The minimum Gasteiger partial charge on any atom is -0.389 e. The number of morpholine rings is 1. The van der Waals surface area contributed by atoms with Gasteiger partial charge in [-0.15, -0.1) is 0 Å². The summed E-state index contributed by atoms with van der Waals surface area (Å²) in [6.45, 7) is 2.47. The molecule has 1 heterocycles. The van der Waals surface area contributed by atoms with Gasteiger partial charge in [-0.1, -0.05) is 0 Å². The van der Waals surface area contributed by atoms with Crippen LogP contribution in [0.5, 0.6) is 0 Å². The predicted octanol–water partition coefficient (Wildman–Crippen LogP) is -1.50. The molecule has 1 atom stereocenters. The molecule has 90 valence electrons. The zero-order valence-electron chi connectivity index (χ0n) is 8.20. The predicted molar refractivity (Wildman–Crippen MR) is 50.8 cm³/mol. The van der Waals surface area contributed by atoms with Crippen LogP contribution >= 0.6 is 0 Å². The SMILES string of the molecule is O=S(=O)(O)OCC(O)CN1CCOCC1. The molecule has 1 saturated heterocycles. The standard InChI is InChI=1S/C7H15NO6S/c9-7(6-14-15(10,11)12)5-8-1-3-13-4-2-8/h7,9H,1-6H2,(H,10,11,12). The minimum absolute atomic E-state index is 0.304. The number of ether oxygens (including phenoxy) is 1. The number of aliphatic hydroxyl groups is 1. The molecule has 0 spiro atoms. The zero-order valence-corrected chi connectivity index (χ0v) is 9.02. The van der Waals surface area contributed by atoms with Gasteiger partial charge in [0, 0.05) is 19.6 Å². The Kier molecular flexibility index (Phi) is 4.90. The number of nitrogens with zero attached hydrogens (tertiary/aromatic N) is 1. The summed E-state index contributed by atoms with van der Waals surface area (Å²) in [7, 11) is -4.46. The summed E-state index contributed by atoms with van der Waals surface area (Å²) < 4.78 is 37.9. The third-order valence-electron chi connectivity index (χ3n) is 1.98. The summed E-state index contributed by atoms with van der Waals surface area (Å²) in [5.41, 5.74) is 0. The monoisotopic (exact) mass is 241 g/mol. The van der Waals surface area contributed by atoms with Crippen molar-refractivity contribution in [3.05, 3.63) is 0 Å². The van der Waals surface area contributed by atoms with Crippen LogP contribution in [0.25, 0.3) is 0 Å². The maximum atomic E-state index is 10.2. The highest BCUT2D eigenvalue weighted by Crippen LogP contribution is 2.00. The van der Waals surface area contributed by atoms with Gasteiger partial charge in [0.05, 0.1) is 25.9 Å². The second-order valence-corrected chi connectivity index (χ2v) is 4.37. The Morgan fingerprint density at radius 2 is 2.00 bits per heavy atom. The van der Waals surface area contributed by atoms with E-state index in [1.165, 1.54) is 0 Å². The second-order valence-electron chi connectivity index (χ2n) is 3.28. The fraction of sp³-hybridized carbons (Fsp3) is 1.00. The quantitative estimate of drug-likeness (QED) is 0.565. The molecule has 0 saturated carbocycles. The highest BCUT2D eigenvalue weighted by molar-refractivity contribution is 7.80. The van der Waals surface area contributed by atoms with E-state index in [1.807, 2.05) is 4.90 Å². The van der Waals surface area contributed by atoms with E-state index in [1.54, 1.807) is 0 Å². The van der Waals surface area contributed by atoms with Crippen molar-refractivity contribution in [1.82, 2.24) is 4.90 Å². The lowest BCUT2D eigenvalue weighted by molar-refractivity contribution is 0.00416. The number of β-amino-alcohol motifs (C(OH)–C–C–N with tert-alkyl or cyclic N) is 1. The van der Waals surface area contributed by atoms with Crippen LogP contribution in [0.4, 0.5) is 0 Å². The van der Waals surface area contributed by atoms with Crippen molar-refractivity contribution in [2.75, 3.05) is 39.5 Å². The van der Waals surface area contributed by atoms with E-state index < -0.39 is 23.1 Å². The molecule has 7 nitrogen and oxygen atoms in total. The third-order valence-corrected chi connectivity index (χ3v) is 2.42. The van der Waals surface area contributed by atoms with E-state index in [0.29, 0.717) is 32.8 Å². The summed E-state index contributed by atoms with van der Waals surface area (Å²) in [4.78, 5) is 1.93. The highest BCUT2D eigenvalue weighted by atomic mass is 32.3. The van der Waals surface area contributed by atoms with E-state index in [9.17, 15) is 13.5 Å². The molecular formula is C7H15NO6S. The lowest BCUT2D eigenvalue weighted by Crippen LogP contribution is -2.42. The van der Waals surface area contributed by atoms with E-state index in [4.69, 9.17) is 9.29 Å². The van der Waals surface area contributed by atoms with Crippen LogP contribution in [0.15, 0.2) is 0 Å². The van der Waals surface area contributed by atoms with Gasteiger partial charge in [0.1, 0.15) is 0 Å². The Labute approximate surface area is 88.5 Å². The van der Waals surface area contributed by atoms with E-state index in [-0.39, 0.29) is 0 Å². The molecule has 0 aromatic rings. The van der Waals surface area contributed by atoms with Crippen molar-refractivity contribution in [1.29, 1.82) is 0 Å². The number of rotatable bonds is 5. The van der Waals surface area contributed by atoms with Crippen molar-refractivity contribution >= 4 is 10.4 Å². The van der Waals surface area contributed by atoms with E-state index in [2.05, 4.69) is 4.18 Å². The minimum atomic E-state index is -4.46. The number of hydrogen-bond acceptors (Lipinski definition) is 6. The van der Waals surface area contributed by atoms with Crippen molar-refractivity contribution in [2.24, 2.45) is 0 Å². The van der Waals surface area contributed by atoms with Gasteiger partial charge in [-0.2, -0.15) is 8.42 Å². The van der Waals surface area contributed by atoms with Gasteiger partial charge in [0.2, 0.25) is 0 Å². The molecular weight excluding hydrogens is 226 g/mol. The summed E-state index contributed by atoms with van der Waals surface area (Å²) in [5.74, 6) is 0. The van der Waals surface area contributed by atoms with Crippen molar-refractivity contribution in [3.63, 3.8) is 0 Å². The van der Waals surface area contributed by atoms with Crippen LogP contribution in [-0.4, -0.2) is 68.5 Å². The maximum Gasteiger partial charge on any atom is 0.397 e. The smallest absolute Gasteiger partial charge is 0.389 e. The summed E-state index contributed by atoms with van der Waals surface area (Å²) >= 11 is 0. The van der Waals surface area contributed by atoms with Crippen molar-refractivity contribution < 1.29 is 27.0 Å². The second kappa shape index (κ2) is 5.73. The zero-order chi connectivity index (χ0) is 11.3. The molecule has 0 amide bonds. The first-order valence-electron chi connectivity index (χ1n) is 4.57. The van der Waals surface area contributed by atoms with Crippen LogP contribution in [0.1, 0.15) is 0 Å². The largest absolute Gasteiger partial charge is 0.397 e. The topological polar surface area (TPSA) is 96.3 Å². The molecule has 2 N–H and O–H groups in total. The van der Waals surface area contributed by atoms with Gasteiger partial charge in [-0.25, -0.2) is 4.18 Å². The Bertz CT molecular complexity index is 273. The van der Waals surface area contributed by atoms with Crippen LogP contribution in [0.2, 0.25) is 0 Å². The third kappa shape index (κ3) is 6.03. The van der Waals surface area contributed by atoms with Gasteiger partial charge in [-0.3, -0.25) is 9.45 Å². The van der Waals surface area contributed by atoms with Gasteiger partial charge in [0.15, 0.2) is 0 Å². The average Bonchev–Trinajstić information content (AvgIpc) is 2.15. The first-order chi connectivity index (χ1) is 6.97. The molecule has 8 heteroatoms. The molecule has 1 unspecified atom stereocenters. The van der Waals surface area contributed by atoms with Crippen LogP contribution in [0.3, 0.4) is 0 Å². The van der Waals surface area contributed by atoms with Gasteiger partial charge >= 0.3 is 10.4 Å². The Hall–Kier alpha value is -0.250. The van der Waals surface area contributed by atoms with Gasteiger partial charge in [-0.05, 0) is 0 Å². The summed E-state index contributed by atoms with van der Waals surface area (Å²) in [6, 6.07) is 0. The highest BCUT2D eigenvalue weighted by Gasteiger charge is 2.16. The van der Waals surface area contributed by atoms with Crippen LogP contribution in [0, 0.1) is 0 Å². The molecule has 1 rings (SSSR count). The van der Waals surface area contributed by atoms with Crippen molar-refractivity contribution in [2.45, 2.75) is 6.10 Å². The molecule has 1 fully saturated rings. The van der Waals surface area contributed by atoms with Crippen LogP contribution in [-0.2, 0) is 19.3 Å². The van der Waals surface area contributed by atoms with Crippen molar-refractivity contribution in [3.8, 4) is 0 Å². The summed E-state index contributed by atoms with van der Waals surface area (Å²) in [5, 5.41) is 9.38. The lowest BCUT2D eigenvalue weighted by Gasteiger charge is -2.28. The summed E-state index contributed by atoms with van der Waals surface area (Å²) in [6.07, 6.45) is -0.940. The van der Waals surface area contributed by atoms with E-state index in [0.717, 1.165) is 0 Å².